The summed E-state index contributed by atoms with van der Waals surface area (Å²) in [6, 6.07) is 11.3. The van der Waals surface area contributed by atoms with Crippen LogP contribution in [0.1, 0.15) is 31.9 Å². The first kappa shape index (κ1) is 25.3. The van der Waals surface area contributed by atoms with Gasteiger partial charge in [0.2, 0.25) is 11.8 Å². The number of nitro benzene ring substituents is 1. The summed E-state index contributed by atoms with van der Waals surface area (Å²) in [5, 5.41) is 13.6. The number of carbonyl (C=O) groups is 2. The van der Waals surface area contributed by atoms with Gasteiger partial charge in [0.25, 0.3) is 5.69 Å². The molecule has 0 radical (unpaired) electrons. The molecule has 2 amide bonds. The molecule has 0 aliphatic heterocycles. The number of nitrogens with one attached hydrogen (secondary N) is 1. The molecule has 0 aliphatic carbocycles. The van der Waals surface area contributed by atoms with Crippen molar-refractivity contribution in [1.29, 1.82) is 0 Å². The number of benzene rings is 2. The van der Waals surface area contributed by atoms with Crippen LogP contribution in [0, 0.1) is 21.8 Å². The molecule has 2 aromatic carbocycles. The van der Waals surface area contributed by atoms with Gasteiger partial charge in [-0.05, 0) is 36.1 Å². The second kappa shape index (κ2) is 12.2. The number of amides is 2. The van der Waals surface area contributed by atoms with E-state index in [1.165, 1.54) is 40.9 Å². The van der Waals surface area contributed by atoms with Crippen LogP contribution in [0.3, 0.4) is 0 Å². The highest BCUT2D eigenvalue weighted by molar-refractivity contribution is 7.99. The monoisotopic (exact) mass is 461 g/mol. The molecule has 9 heteroatoms. The number of thioether (sulfide) groups is 1. The van der Waals surface area contributed by atoms with Gasteiger partial charge in [0.05, 0.1) is 10.7 Å². The van der Waals surface area contributed by atoms with E-state index in [1.54, 1.807) is 31.2 Å². The first-order valence-electron chi connectivity index (χ1n) is 10.3. The summed E-state index contributed by atoms with van der Waals surface area (Å²) in [6.07, 6.45) is 0. The van der Waals surface area contributed by atoms with Gasteiger partial charge in [-0.1, -0.05) is 38.1 Å². The largest absolute Gasteiger partial charge is 0.354 e. The Kier molecular flexibility index (Phi) is 9.64. The van der Waals surface area contributed by atoms with Crippen molar-refractivity contribution in [3.8, 4) is 0 Å². The van der Waals surface area contributed by atoms with Crippen LogP contribution in [0.4, 0.5) is 10.1 Å². The van der Waals surface area contributed by atoms with E-state index in [2.05, 4.69) is 5.32 Å². The van der Waals surface area contributed by atoms with Gasteiger partial charge in [-0.25, -0.2) is 4.39 Å². The zero-order chi connectivity index (χ0) is 23.7. The molecule has 0 bridgehead atoms. The Balaban J connectivity index is 2.03. The molecule has 1 unspecified atom stereocenters. The average Bonchev–Trinajstić information content (AvgIpc) is 2.76. The second-order valence-electron chi connectivity index (χ2n) is 7.88. The fourth-order valence-electron chi connectivity index (χ4n) is 2.87. The third kappa shape index (κ3) is 7.96. The van der Waals surface area contributed by atoms with Gasteiger partial charge in [0.1, 0.15) is 11.9 Å². The number of non-ortho nitro benzene ring substituents is 1. The normalized spacial score (nSPS) is 11.8. The van der Waals surface area contributed by atoms with Crippen molar-refractivity contribution in [2.45, 2.75) is 39.1 Å². The highest BCUT2D eigenvalue weighted by atomic mass is 32.2. The average molecular weight is 462 g/mol. The predicted octanol–water partition coefficient (Wildman–Crippen LogP) is 4.16. The highest BCUT2D eigenvalue weighted by Crippen LogP contribution is 2.18. The van der Waals surface area contributed by atoms with Crippen LogP contribution in [-0.2, 0) is 21.9 Å². The molecule has 1 N–H and O–H groups in total. The molecule has 172 valence electrons. The van der Waals surface area contributed by atoms with Crippen molar-refractivity contribution in [1.82, 2.24) is 10.2 Å². The molecule has 32 heavy (non-hydrogen) atoms. The fourth-order valence-corrected chi connectivity index (χ4v) is 3.75. The molecule has 0 aromatic heterocycles. The second-order valence-corrected chi connectivity index (χ2v) is 8.87. The maximum Gasteiger partial charge on any atom is 0.269 e. The maximum absolute atomic E-state index is 13.3. The fraction of sp³-hybridized carbons (Fsp3) is 0.391. The summed E-state index contributed by atoms with van der Waals surface area (Å²) in [4.78, 5) is 37.4. The smallest absolute Gasteiger partial charge is 0.269 e. The molecule has 7 nitrogen and oxygen atoms in total. The van der Waals surface area contributed by atoms with Gasteiger partial charge < -0.3 is 10.2 Å². The van der Waals surface area contributed by atoms with E-state index >= 15 is 0 Å². The first-order valence-corrected chi connectivity index (χ1v) is 11.5. The summed E-state index contributed by atoms with van der Waals surface area (Å²) in [6.45, 7) is 6.35. The zero-order valence-corrected chi connectivity index (χ0v) is 19.2. The summed E-state index contributed by atoms with van der Waals surface area (Å²) in [5.41, 5.74) is 1.60. The molecule has 2 aromatic rings. The Morgan fingerprint density at radius 3 is 2.22 bits per heavy atom. The summed E-state index contributed by atoms with van der Waals surface area (Å²) < 4.78 is 13.3. The lowest BCUT2D eigenvalue weighted by Crippen LogP contribution is -2.48. The molecule has 0 fully saturated rings. The predicted molar refractivity (Wildman–Crippen MR) is 124 cm³/mol. The van der Waals surface area contributed by atoms with E-state index in [1.807, 2.05) is 13.8 Å². The number of hydrogen-bond donors (Lipinski definition) is 1. The molecular formula is C23H28FN3O4S. The molecule has 0 aliphatic rings. The quantitative estimate of drug-likeness (QED) is 0.401. The number of hydrogen-bond acceptors (Lipinski definition) is 5. The molecule has 0 saturated heterocycles. The van der Waals surface area contributed by atoms with Gasteiger partial charge in [-0.2, -0.15) is 0 Å². The SMILES string of the molecule is CC(C)CNC(=O)C(C)N(Cc1ccc(F)cc1)C(=O)CSCc1ccc([N+](=O)[O-])cc1. The summed E-state index contributed by atoms with van der Waals surface area (Å²) in [5.74, 6) is 0.0998. The van der Waals surface area contributed by atoms with Crippen LogP contribution in [-0.4, -0.2) is 40.0 Å². The lowest BCUT2D eigenvalue weighted by atomic mass is 10.1. The summed E-state index contributed by atoms with van der Waals surface area (Å²) in [7, 11) is 0. The van der Waals surface area contributed by atoms with E-state index in [0.717, 1.165) is 11.1 Å². The van der Waals surface area contributed by atoms with Crippen molar-refractivity contribution < 1.29 is 18.9 Å². The first-order chi connectivity index (χ1) is 15.2. The minimum absolute atomic E-state index is 0.0153. The van der Waals surface area contributed by atoms with E-state index in [9.17, 15) is 24.1 Å². The van der Waals surface area contributed by atoms with Crippen LogP contribution < -0.4 is 5.32 Å². The Labute approximate surface area is 191 Å². The highest BCUT2D eigenvalue weighted by Gasteiger charge is 2.26. The minimum atomic E-state index is -0.689. The Hall–Kier alpha value is -2.94. The van der Waals surface area contributed by atoms with Crippen LogP contribution in [0.15, 0.2) is 48.5 Å². The Morgan fingerprint density at radius 2 is 1.66 bits per heavy atom. The van der Waals surface area contributed by atoms with E-state index in [-0.39, 0.29) is 41.5 Å². The maximum atomic E-state index is 13.3. The molecule has 0 heterocycles. The third-order valence-electron chi connectivity index (χ3n) is 4.76. The van der Waals surface area contributed by atoms with Gasteiger partial charge >= 0.3 is 0 Å². The molecular weight excluding hydrogens is 433 g/mol. The van der Waals surface area contributed by atoms with Gasteiger partial charge in [-0.3, -0.25) is 19.7 Å². The number of carbonyl (C=O) groups excluding carboxylic acids is 2. The van der Waals surface area contributed by atoms with Crippen molar-refractivity contribution in [2.75, 3.05) is 12.3 Å². The molecule has 0 saturated carbocycles. The van der Waals surface area contributed by atoms with Gasteiger partial charge in [0.15, 0.2) is 0 Å². The Bertz CT molecular complexity index is 920. The molecule has 2 rings (SSSR count). The lowest BCUT2D eigenvalue weighted by Gasteiger charge is -2.29. The van der Waals surface area contributed by atoms with Gasteiger partial charge in [0, 0.05) is 31.0 Å². The van der Waals surface area contributed by atoms with E-state index in [0.29, 0.717) is 12.3 Å². The standard InChI is InChI=1S/C23H28FN3O4S/c1-16(2)12-25-23(29)17(3)26(13-18-4-8-20(24)9-5-18)22(28)15-32-14-19-6-10-21(11-7-19)27(30)31/h4-11,16-17H,12-15H2,1-3H3,(H,25,29). The third-order valence-corrected chi connectivity index (χ3v) is 5.75. The van der Waals surface area contributed by atoms with E-state index in [4.69, 9.17) is 0 Å². The lowest BCUT2D eigenvalue weighted by molar-refractivity contribution is -0.384. The number of rotatable bonds is 11. The van der Waals surface area contributed by atoms with Crippen molar-refractivity contribution >= 4 is 29.3 Å². The number of nitrogens with zero attached hydrogens (tertiary/aromatic N) is 2. The van der Waals surface area contributed by atoms with E-state index < -0.39 is 11.0 Å². The van der Waals surface area contributed by atoms with Crippen molar-refractivity contribution in [3.63, 3.8) is 0 Å². The van der Waals surface area contributed by atoms with Crippen molar-refractivity contribution in [3.05, 3.63) is 75.6 Å². The molecule has 1 atom stereocenters. The van der Waals surface area contributed by atoms with Crippen molar-refractivity contribution in [2.24, 2.45) is 5.92 Å². The Morgan fingerprint density at radius 1 is 1.06 bits per heavy atom. The molecule has 0 spiro atoms. The summed E-state index contributed by atoms with van der Waals surface area (Å²) >= 11 is 1.36. The number of nitro groups is 1. The van der Waals surface area contributed by atoms with Gasteiger partial charge in [-0.15, -0.1) is 11.8 Å². The number of halogens is 1. The topological polar surface area (TPSA) is 92.6 Å². The van der Waals surface area contributed by atoms with Crippen LogP contribution in [0.25, 0.3) is 0 Å². The van der Waals surface area contributed by atoms with Crippen LogP contribution >= 0.6 is 11.8 Å². The van der Waals surface area contributed by atoms with Crippen LogP contribution in [0.5, 0.6) is 0 Å². The van der Waals surface area contributed by atoms with Crippen LogP contribution in [0.2, 0.25) is 0 Å². The minimum Gasteiger partial charge on any atom is -0.354 e. The zero-order valence-electron chi connectivity index (χ0n) is 18.4.